The number of anilines is 2. The van der Waals surface area contributed by atoms with Gasteiger partial charge < -0.3 is 10.1 Å². The van der Waals surface area contributed by atoms with Gasteiger partial charge in [0.15, 0.2) is 11.6 Å². The molecular formula is C27H23F3N8O. The van der Waals surface area contributed by atoms with Gasteiger partial charge in [-0.15, -0.1) is 10.2 Å². The lowest BCUT2D eigenvalue weighted by Crippen LogP contribution is -2.11. The number of aromatic nitrogens is 7. The van der Waals surface area contributed by atoms with Crippen LogP contribution in [0.5, 0.6) is 11.5 Å². The maximum atomic E-state index is 13.6. The molecule has 5 aromatic rings. The Morgan fingerprint density at radius 3 is 2.56 bits per heavy atom. The summed E-state index contributed by atoms with van der Waals surface area (Å²) in [7, 11) is 0. The summed E-state index contributed by atoms with van der Waals surface area (Å²) in [6, 6.07) is 14.7. The molecule has 0 saturated heterocycles. The van der Waals surface area contributed by atoms with Gasteiger partial charge in [-0.2, -0.15) is 18.4 Å². The molecule has 0 unspecified atom stereocenters. The normalized spacial score (nSPS) is 11.4. The van der Waals surface area contributed by atoms with Crippen molar-refractivity contribution in [3.63, 3.8) is 0 Å². The molecule has 0 radical (unpaired) electrons. The first-order valence-electron chi connectivity index (χ1n) is 12.0. The number of rotatable bonds is 8. The number of hydrogen-bond donors (Lipinski definition) is 2. The second kappa shape index (κ2) is 10.9. The van der Waals surface area contributed by atoms with Crippen LogP contribution in [0.1, 0.15) is 28.2 Å². The molecule has 0 fully saturated rings. The summed E-state index contributed by atoms with van der Waals surface area (Å²) in [5, 5.41) is 16.5. The minimum Gasteiger partial charge on any atom is -0.455 e. The number of halogens is 3. The number of hydrogen-bond acceptors (Lipinski definition) is 8. The lowest BCUT2D eigenvalue weighted by molar-refractivity contribution is -0.138. The highest BCUT2D eigenvalue weighted by Crippen LogP contribution is 2.36. The van der Waals surface area contributed by atoms with Crippen molar-refractivity contribution in [2.45, 2.75) is 32.9 Å². The highest BCUT2D eigenvalue weighted by Gasteiger charge is 2.33. The number of alkyl halides is 3. The molecule has 5 rings (SSSR count). The molecule has 0 spiro atoms. The van der Waals surface area contributed by atoms with Gasteiger partial charge in [-0.25, -0.2) is 9.97 Å². The molecule has 12 heteroatoms. The largest absolute Gasteiger partial charge is 0.455 e. The molecule has 2 N–H and O–H groups in total. The predicted molar refractivity (Wildman–Crippen MR) is 138 cm³/mol. The number of H-pyrrole nitrogens is 1. The molecule has 0 bridgehead atoms. The number of nitrogens with one attached hydrogen (secondary N) is 2. The third-order valence-corrected chi connectivity index (χ3v) is 5.99. The topological polar surface area (TPSA) is 114 Å². The Morgan fingerprint density at radius 2 is 1.82 bits per heavy atom. The van der Waals surface area contributed by atoms with Crippen LogP contribution in [0.3, 0.4) is 0 Å². The molecule has 1 aromatic carbocycles. The number of ether oxygens (including phenoxy) is 1. The standard InChI is InChI=1S/C27H23F3N8O/c1-16-13-23(26(33-17(16)2)22-5-3-4-11-31-22)39-20-10-12-32-25(15-20)34-19-7-8-21(27(28,29)30)18(14-19)6-9-24-35-37-38-36-24/h3-5,7-8,10-15H,6,9H2,1-2H3,(H,32,34)(H,35,36,37,38). The molecule has 4 heterocycles. The highest BCUT2D eigenvalue weighted by molar-refractivity contribution is 5.65. The van der Waals surface area contributed by atoms with Crippen molar-refractivity contribution in [1.82, 2.24) is 35.6 Å². The Bertz CT molecular complexity index is 1570. The number of pyridine rings is 3. The number of benzene rings is 1. The Balaban J connectivity index is 1.40. The first kappa shape index (κ1) is 25.8. The molecule has 0 aliphatic carbocycles. The van der Waals surface area contributed by atoms with E-state index in [1.807, 2.05) is 38.1 Å². The molecular weight excluding hydrogens is 509 g/mol. The van der Waals surface area contributed by atoms with Crippen molar-refractivity contribution < 1.29 is 17.9 Å². The van der Waals surface area contributed by atoms with E-state index in [9.17, 15) is 13.2 Å². The van der Waals surface area contributed by atoms with Crippen LogP contribution < -0.4 is 10.1 Å². The molecule has 0 aliphatic rings. The van der Waals surface area contributed by atoms with Crippen molar-refractivity contribution in [2.24, 2.45) is 0 Å². The first-order valence-corrected chi connectivity index (χ1v) is 12.0. The number of aryl methyl sites for hydroxylation is 4. The van der Waals surface area contributed by atoms with E-state index in [-0.39, 0.29) is 18.4 Å². The van der Waals surface area contributed by atoms with Crippen LogP contribution in [0.15, 0.2) is 67.0 Å². The fourth-order valence-electron chi connectivity index (χ4n) is 3.95. The monoisotopic (exact) mass is 532 g/mol. The molecule has 39 heavy (non-hydrogen) atoms. The van der Waals surface area contributed by atoms with E-state index in [0.717, 1.165) is 17.3 Å². The van der Waals surface area contributed by atoms with Gasteiger partial charge in [0.2, 0.25) is 0 Å². The Hall–Kier alpha value is -4.87. The van der Waals surface area contributed by atoms with E-state index in [0.29, 0.717) is 40.2 Å². The van der Waals surface area contributed by atoms with Gasteiger partial charge in [0.1, 0.15) is 17.3 Å². The van der Waals surface area contributed by atoms with Gasteiger partial charge in [0, 0.05) is 36.3 Å². The molecule has 0 saturated carbocycles. The molecule has 4 aromatic heterocycles. The maximum Gasteiger partial charge on any atom is 0.416 e. The Kier molecular flexibility index (Phi) is 7.17. The summed E-state index contributed by atoms with van der Waals surface area (Å²) in [4.78, 5) is 13.4. The van der Waals surface area contributed by atoms with Crippen molar-refractivity contribution in [3.05, 3.63) is 95.2 Å². The van der Waals surface area contributed by atoms with Crippen LogP contribution in [-0.2, 0) is 19.0 Å². The van der Waals surface area contributed by atoms with E-state index in [4.69, 9.17) is 4.74 Å². The molecule has 0 atom stereocenters. The summed E-state index contributed by atoms with van der Waals surface area (Å²) in [5.74, 6) is 1.72. The molecule has 0 aliphatic heterocycles. The van der Waals surface area contributed by atoms with E-state index < -0.39 is 11.7 Å². The van der Waals surface area contributed by atoms with Crippen molar-refractivity contribution >= 4 is 11.5 Å². The molecule has 0 amide bonds. The lowest BCUT2D eigenvalue weighted by Gasteiger charge is -2.16. The fourth-order valence-corrected chi connectivity index (χ4v) is 3.95. The predicted octanol–water partition coefficient (Wildman–Crippen LogP) is 6.01. The lowest BCUT2D eigenvalue weighted by atomic mass is 10.0. The van der Waals surface area contributed by atoms with Crippen LogP contribution in [-0.4, -0.2) is 35.6 Å². The average Bonchev–Trinajstić information content (AvgIpc) is 3.43. The zero-order valence-corrected chi connectivity index (χ0v) is 21.0. The Morgan fingerprint density at radius 1 is 0.949 bits per heavy atom. The van der Waals surface area contributed by atoms with Gasteiger partial charge in [-0.3, -0.25) is 4.98 Å². The van der Waals surface area contributed by atoms with Crippen molar-refractivity contribution in [1.29, 1.82) is 0 Å². The number of tetrazole rings is 1. The summed E-state index contributed by atoms with van der Waals surface area (Å²) in [6.07, 6.45) is -0.981. The van der Waals surface area contributed by atoms with Crippen LogP contribution in [0, 0.1) is 13.8 Å². The Labute approximate surface area is 221 Å². The summed E-state index contributed by atoms with van der Waals surface area (Å²) in [5.41, 5.74) is 2.91. The van der Waals surface area contributed by atoms with Gasteiger partial charge in [0.05, 0.1) is 11.3 Å². The van der Waals surface area contributed by atoms with E-state index in [2.05, 4.69) is 40.9 Å². The van der Waals surface area contributed by atoms with Crippen LogP contribution >= 0.6 is 0 Å². The summed E-state index contributed by atoms with van der Waals surface area (Å²) < 4.78 is 47.1. The fraction of sp³-hybridized carbons (Fsp3) is 0.185. The zero-order valence-electron chi connectivity index (χ0n) is 21.0. The minimum absolute atomic E-state index is 0.0799. The second-order valence-electron chi connectivity index (χ2n) is 8.75. The van der Waals surface area contributed by atoms with Gasteiger partial charge in [-0.1, -0.05) is 11.3 Å². The quantitative estimate of drug-likeness (QED) is 0.250. The highest BCUT2D eigenvalue weighted by atomic mass is 19.4. The smallest absolute Gasteiger partial charge is 0.416 e. The number of nitrogens with zero attached hydrogens (tertiary/aromatic N) is 6. The summed E-state index contributed by atoms with van der Waals surface area (Å²) in [6.45, 7) is 3.86. The van der Waals surface area contributed by atoms with Crippen molar-refractivity contribution in [3.8, 4) is 22.9 Å². The number of aromatic amines is 1. The summed E-state index contributed by atoms with van der Waals surface area (Å²) >= 11 is 0. The van der Waals surface area contributed by atoms with Gasteiger partial charge in [-0.05, 0) is 73.9 Å². The second-order valence-corrected chi connectivity index (χ2v) is 8.75. The van der Waals surface area contributed by atoms with Crippen LogP contribution in [0.4, 0.5) is 24.7 Å². The van der Waals surface area contributed by atoms with Crippen LogP contribution in [0.25, 0.3) is 11.4 Å². The van der Waals surface area contributed by atoms with E-state index >= 15 is 0 Å². The molecule has 198 valence electrons. The van der Waals surface area contributed by atoms with E-state index in [1.165, 1.54) is 12.1 Å². The van der Waals surface area contributed by atoms with Crippen molar-refractivity contribution in [2.75, 3.05) is 5.32 Å². The third kappa shape index (κ3) is 6.17. The first-order chi connectivity index (χ1) is 18.8. The SMILES string of the molecule is Cc1cc(Oc2ccnc(Nc3ccc(C(F)(F)F)c(CCc4nn[nH]n4)c3)c2)c(-c2ccccn2)nc1C. The van der Waals surface area contributed by atoms with E-state index in [1.54, 1.807) is 24.5 Å². The minimum atomic E-state index is -4.50. The van der Waals surface area contributed by atoms with Crippen LogP contribution in [0.2, 0.25) is 0 Å². The zero-order chi connectivity index (χ0) is 27.4. The maximum absolute atomic E-state index is 13.6. The third-order valence-electron chi connectivity index (χ3n) is 5.99. The van der Waals surface area contributed by atoms with Gasteiger partial charge >= 0.3 is 6.18 Å². The van der Waals surface area contributed by atoms with Gasteiger partial charge in [0.25, 0.3) is 0 Å². The molecule has 9 nitrogen and oxygen atoms in total. The average molecular weight is 533 g/mol.